The SMILES string of the molecule is CC(CCCC(=O)O)Nc1cncc(Cl)n1. The van der Waals surface area contributed by atoms with Crippen molar-refractivity contribution >= 4 is 23.4 Å². The van der Waals surface area contributed by atoms with Crippen LogP contribution in [-0.4, -0.2) is 27.1 Å². The summed E-state index contributed by atoms with van der Waals surface area (Å²) >= 11 is 5.68. The molecule has 0 aromatic carbocycles. The van der Waals surface area contributed by atoms with Gasteiger partial charge in [-0.05, 0) is 19.8 Å². The maximum Gasteiger partial charge on any atom is 0.303 e. The Morgan fingerprint density at radius 1 is 1.62 bits per heavy atom. The molecule has 0 aliphatic carbocycles. The molecule has 5 nitrogen and oxygen atoms in total. The molecule has 0 spiro atoms. The van der Waals surface area contributed by atoms with Crippen LogP contribution in [-0.2, 0) is 4.79 Å². The standard InChI is InChI=1S/C10H14ClN3O2/c1-7(3-2-4-10(15)16)13-9-6-12-5-8(11)14-9/h5-7H,2-4H2,1H3,(H,13,14)(H,15,16). The molecule has 0 aliphatic rings. The van der Waals surface area contributed by atoms with Crippen molar-refractivity contribution in [3.05, 3.63) is 17.5 Å². The number of aliphatic carboxylic acids is 1. The number of hydrogen-bond donors (Lipinski definition) is 2. The van der Waals surface area contributed by atoms with Gasteiger partial charge in [-0.15, -0.1) is 0 Å². The van der Waals surface area contributed by atoms with Gasteiger partial charge in [-0.25, -0.2) is 4.98 Å². The van der Waals surface area contributed by atoms with Crippen molar-refractivity contribution in [1.29, 1.82) is 0 Å². The molecule has 16 heavy (non-hydrogen) atoms. The zero-order chi connectivity index (χ0) is 12.0. The molecular formula is C10H14ClN3O2. The first kappa shape index (κ1) is 12.7. The summed E-state index contributed by atoms with van der Waals surface area (Å²) in [4.78, 5) is 18.3. The molecule has 1 rings (SSSR count). The van der Waals surface area contributed by atoms with Gasteiger partial charge in [-0.2, -0.15) is 0 Å². The molecule has 0 amide bonds. The van der Waals surface area contributed by atoms with Gasteiger partial charge in [0, 0.05) is 12.5 Å². The molecule has 0 fully saturated rings. The van der Waals surface area contributed by atoms with Gasteiger partial charge in [0.25, 0.3) is 0 Å². The number of hydrogen-bond acceptors (Lipinski definition) is 4. The molecule has 0 bridgehead atoms. The Morgan fingerprint density at radius 2 is 2.38 bits per heavy atom. The normalized spacial score (nSPS) is 12.1. The van der Waals surface area contributed by atoms with Crippen molar-refractivity contribution in [3.63, 3.8) is 0 Å². The van der Waals surface area contributed by atoms with E-state index in [1.54, 1.807) is 6.20 Å². The van der Waals surface area contributed by atoms with Gasteiger partial charge in [-0.3, -0.25) is 9.78 Å². The molecule has 1 atom stereocenters. The lowest BCUT2D eigenvalue weighted by atomic mass is 10.1. The summed E-state index contributed by atoms with van der Waals surface area (Å²) in [6.07, 6.45) is 4.63. The van der Waals surface area contributed by atoms with Crippen LogP contribution in [0.2, 0.25) is 5.15 Å². The minimum Gasteiger partial charge on any atom is -0.481 e. The van der Waals surface area contributed by atoms with Crippen LogP contribution in [0.25, 0.3) is 0 Å². The van der Waals surface area contributed by atoms with Crippen molar-refractivity contribution in [2.24, 2.45) is 0 Å². The largest absolute Gasteiger partial charge is 0.481 e. The number of carboxylic acid groups (broad SMARTS) is 1. The van der Waals surface area contributed by atoms with Gasteiger partial charge in [0.1, 0.15) is 11.0 Å². The highest BCUT2D eigenvalue weighted by Gasteiger charge is 2.05. The first-order chi connectivity index (χ1) is 7.58. The smallest absolute Gasteiger partial charge is 0.303 e. The fourth-order valence-electron chi connectivity index (χ4n) is 1.30. The first-order valence-corrected chi connectivity index (χ1v) is 5.41. The summed E-state index contributed by atoms with van der Waals surface area (Å²) in [5, 5.41) is 11.9. The average Bonchev–Trinajstić information content (AvgIpc) is 2.16. The van der Waals surface area contributed by atoms with Crippen molar-refractivity contribution in [2.75, 3.05) is 5.32 Å². The number of anilines is 1. The molecule has 0 radical (unpaired) electrons. The number of nitrogens with zero attached hydrogens (tertiary/aromatic N) is 2. The Bertz CT molecular complexity index is 360. The summed E-state index contributed by atoms with van der Waals surface area (Å²) in [6.45, 7) is 1.96. The molecule has 1 unspecified atom stereocenters. The van der Waals surface area contributed by atoms with Crippen LogP contribution in [0.5, 0.6) is 0 Å². The molecular weight excluding hydrogens is 230 g/mol. The minimum atomic E-state index is -0.769. The lowest BCUT2D eigenvalue weighted by Crippen LogP contribution is -2.16. The Morgan fingerprint density at radius 3 is 3.00 bits per heavy atom. The predicted molar refractivity (Wildman–Crippen MR) is 61.6 cm³/mol. The van der Waals surface area contributed by atoms with Crippen LogP contribution in [0.4, 0.5) is 5.82 Å². The Hall–Kier alpha value is -1.36. The summed E-state index contributed by atoms with van der Waals surface area (Å²) in [7, 11) is 0. The van der Waals surface area contributed by atoms with Gasteiger partial charge in [0.2, 0.25) is 0 Å². The van der Waals surface area contributed by atoms with Crippen LogP contribution in [0.3, 0.4) is 0 Å². The topological polar surface area (TPSA) is 75.1 Å². The highest BCUT2D eigenvalue weighted by molar-refractivity contribution is 6.29. The van der Waals surface area contributed by atoms with E-state index >= 15 is 0 Å². The highest BCUT2D eigenvalue weighted by atomic mass is 35.5. The maximum absolute atomic E-state index is 10.3. The minimum absolute atomic E-state index is 0.145. The molecule has 2 N–H and O–H groups in total. The van der Waals surface area contributed by atoms with E-state index in [4.69, 9.17) is 16.7 Å². The van der Waals surface area contributed by atoms with Gasteiger partial charge in [-0.1, -0.05) is 11.6 Å². The van der Waals surface area contributed by atoms with Gasteiger partial charge in [0.15, 0.2) is 0 Å². The molecule has 0 saturated carbocycles. The molecule has 1 heterocycles. The van der Waals surface area contributed by atoms with E-state index in [2.05, 4.69) is 15.3 Å². The highest BCUT2D eigenvalue weighted by Crippen LogP contribution is 2.10. The molecule has 1 aromatic rings. The summed E-state index contributed by atoms with van der Waals surface area (Å²) in [5.41, 5.74) is 0. The van der Waals surface area contributed by atoms with Crippen LogP contribution in [0.1, 0.15) is 26.2 Å². The van der Waals surface area contributed by atoms with Crippen LogP contribution >= 0.6 is 11.6 Å². The van der Waals surface area contributed by atoms with Gasteiger partial charge >= 0.3 is 5.97 Å². The maximum atomic E-state index is 10.3. The zero-order valence-corrected chi connectivity index (χ0v) is 9.74. The third-order valence-corrected chi connectivity index (χ3v) is 2.21. The number of nitrogens with one attached hydrogen (secondary N) is 1. The van der Waals surface area contributed by atoms with Crippen LogP contribution < -0.4 is 5.32 Å². The molecule has 1 aromatic heterocycles. The molecule has 0 aliphatic heterocycles. The Kier molecular flexibility index (Phi) is 4.98. The average molecular weight is 244 g/mol. The summed E-state index contributed by atoms with van der Waals surface area (Å²) in [6, 6.07) is 0.145. The molecule has 6 heteroatoms. The third-order valence-electron chi connectivity index (χ3n) is 2.03. The summed E-state index contributed by atoms with van der Waals surface area (Å²) in [5.74, 6) is -0.162. The fourth-order valence-corrected chi connectivity index (χ4v) is 1.44. The molecule has 0 saturated heterocycles. The lowest BCUT2D eigenvalue weighted by Gasteiger charge is -2.13. The van der Waals surface area contributed by atoms with E-state index in [1.165, 1.54) is 6.20 Å². The number of aromatic nitrogens is 2. The first-order valence-electron chi connectivity index (χ1n) is 5.04. The second-order valence-corrected chi connectivity index (χ2v) is 3.95. The third kappa shape index (κ3) is 4.93. The number of rotatable bonds is 6. The van der Waals surface area contributed by atoms with Crippen LogP contribution in [0.15, 0.2) is 12.4 Å². The quantitative estimate of drug-likeness (QED) is 0.801. The van der Waals surface area contributed by atoms with E-state index < -0.39 is 5.97 Å². The van der Waals surface area contributed by atoms with Crippen molar-refractivity contribution in [1.82, 2.24) is 9.97 Å². The van der Waals surface area contributed by atoms with Crippen molar-refractivity contribution in [3.8, 4) is 0 Å². The Labute approximate surface area is 98.9 Å². The monoisotopic (exact) mass is 243 g/mol. The second kappa shape index (κ2) is 6.27. The van der Waals surface area contributed by atoms with Gasteiger partial charge in [0.05, 0.1) is 12.4 Å². The zero-order valence-electron chi connectivity index (χ0n) is 8.98. The van der Waals surface area contributed by atoms with Crippen molar-refractivity contribution < 1.29 is 9.90 Å². The fraction of sp³-hybridized carbons (Fsp3) is 0.500. The van der Waals surface area contributed by atoms with E-state index in [0.29, 0.717) is 17.4 Å². The lowest BCUT2D eigenvalue weighted by molar-refractivity contribution is -0.137. The number of halogens is 1. The van der Waals surface area contributed by atoms with E-state index in [-0.39, 0.29) is 12.5 Å². The Balaban J connectivity index is 2.33. The van der Waals surface area contributed by atoms with Crippen molar-refractivity contribution in [2.45, 2.75) is 32.2 Å². The van der Waals surface area contributed by atoms with E-state index in [0.717, 1.165) is 6.42 Å². The van der Waals surface area contributed by atoms with Crippen LogP contribution in [0, 0.1) is 0 Å². The van der Waals surface area contributed by atoms with Gasteiger partial charge < -0.3 is 10.4 Å². The number of carbonyl (C=O) groups is 1. The van der Waals surface area contributed by atoms with E-state index in [9.17, 15) is 4.79 Å². The predicted octanol–water partition coefficient (Wildman–Crippen LogP) is 2.19. The summed E-state index contributed by atoms with van der Waals surface area (Å²) < 4.78 is 0. The molecule has 88 valence electrons. The number of carboxylic acids is 1. The van der Waals surface area contributed by atoms with E-state index in [1.807, 2.05) is 6.92 Å². The second-order valence-electron chi connectivity index (χ2n) is 3.56.